The highest BCUT2D eigenvalue weighted by molar-refractivity contribution is 5.30. The third-order valence-corrected chi connectivity index (χ3v) is 3.67. The molecule has 2 atom stereocenters. The van der Waals surface area contributed by atoms with Crippen LogP contribution < -0.4 is 16.0 Å². The van der Waals surface area contributed by atoms with Crippen LogP contribution in [0.5, 0.6) is 5.75 Å². The second kappa shape index (κ2) is 7.62. The minimum atomic E-state index is 0.0441. The minimum Gasteiger partial charge on any atom is -0.494 e. The SMILES string of the molecule is CCCOc1ccc(C(NN)C(OCC)C2CC2)cc1. The second-order valence-corrected chi connectivity index (χ2v) is 5.32. The van der Waals surface area contributed by atoms with Gasteiger partial charge in [0, 0.05) is 6.61 Å². The van der Waals surface area contributed by atoms with Crippen LogP contribution in [0.1, 0.15) is 44.7 Å². The molecule has 0 bridgehead atoms. The van der Waals surface area contributed by atoms with Gasteiger partial charge >= 0.3 is 0 Å². The zero-order valence-electron chi connectivity index (χ0n) is 12.5. The Kier molecular flexibility index (Phi) is 5.83. The molecule has 1 aromatic carbocycles. The van der Waals surface area contributed by atoms with Crippen LogP contribution in [-0.2, 0) is 4.74 Å². The Morgan fingerprint density at radius 2 is 1.95 bits per heavy atom. The van der Waals surface area contributed by atoms with Crippen LogP contribution in [0.25, 0.3) is 0 Å². The molecule has 0 radical (unpaired) electrons. The lowest BCUT2D eigenvalue weighted by Gasteiger charge is -2.27. The number of nitrogens with one attached hydrogen (secondary N) is 1. The standard InChI is InChI=1S/C16H26N2O2/c1-3-11-20-14-9-7-12(8-10-14)15(18-17)16(19-4-2)13-5-6-13/h7-10,13,15-16,18H,3-6,11,17H2,1-2H3. The summed E-state index contributed by atoms with van der Waals surface area (Å²) in [6.07, 6.45) is 3.65. The smallest absolute Gasteiger partial charge is 0.119 e. The molecule has 0 aliphatic heterocycles. The molecule has 3 N–H and O–H groups in total. The maximum Gasteiger partial charge on any atom is 0.119 e. The Bertz CT molecular complexity index is 390. The number of hydrogen-bond acceptors (Lipinski definition) is 4. The fourth-order valence-electron chi connectivity index (χ4n) is 2.49. The van der Waals surface area contributed by atoms with Crippen LogP contribution in [0, 0.1) is 5.92 Å². The van der Waals surface area contributed by atoms with E-state index >= 15 is 0 Å². The first-order chi connectivity index (χ1) is 9.80. The first kappa shape index (κ1) is 15.3. The van der Waals surface area contributed by atoms with Crippen molar-refractivity contribution in [3.8, 4) is 5.75 Å². The molecule has 4 heteroatoms. The number of rotatable bonds is 9. The van der Waals surface area contributed by atoms with Crippen molar-refractivity contribution in [3.05, 3.63) is 29.8 Å². The van der Waals surface area contributed by atoms with Gasteiger partial charge in [-0.1, -0.05) is 19.1 Å². The lowest BCUT2D eigenvalue weighted by Crippen LogP contribution is -2.39. The van der Waals surface area contributed by atoms with Crippen molar-refractivity contribution >= 4 is 0 Å². The average molecular weight is 278 g/mol. The Hall–Kier alpha value is -1.10. The van der Waals surface area contributed by atoms with Crippen molar-refractivity contribution in [3.63, 3.8) is 0 Å². The Morgan fingerprint density at radius 3 is 2.45 bits per heavy atom. The summed E-state index contributed by atoms with van der Waals surface area (Å²) in [5.41, 5.74) is 4.08. The van der Waals surface area contributed by atoms with Crippen LogP contribution in [-0.4, -0.2) is 19.3 Å². The molecule has 2 rings (SSSR count). The average Bonchev–Trinajstić information content (AvgIpc) is 3.31. The van der Waals surface area contributed by atoms with E-state index in [1.807, 2.05) is 19.1 Å². The van der Waals surface area contributed by atoms with Gasteiger partial charge in [0.1, 0.15) is 5.75 Å². The molecule has 1 aliphatic carbocycles. The molecular weight excluding hydrogens is 252 g/mol. The lowest BCUT2D eigenvalue weighted by molar-refractivity contribution is 0.0185. The number of ether oxygens (including phenoxy) is 2. The molecule has 0 spiro atoms. The summed E-state index contributed by atoms with van der Waals surface area (Å²) in [5.74, 6) is 7.30. The summed E-state index contributed by atoms with van der Waals surface area (Å²) < 4.78 is 11.5. The summed E-state index contributed by atoms with van der Waals surface area (Å²) in [5, 5.41) is 0. The van der Waals surface area contributed by atoms with Gasteiger partial charge in [0.05, 0.1) is 18.8 Å². The number of benzene rings is 1. The van der Waals surface area contributed by atoms with Gasteiger partial charge in [-0.2, -0.15) is 0 Å². The minimum absolute atomic E-state index is 0.0441. The predicted octanol–water partition coefficient (Wildman–Crippen LogP) is 2.79. The van der Waals surface area contributed by atoms with Gasteiger partial charge in [-0.15, -0.1) is 0 Å². The predicted molar refractivity (Wildman–Crippen MR) is 80.4 cm³/mol. The first-order valence-corrected chi connectivity index (χ1v) is 7.60. The van der Waals surface area contributed by atoms with Gasteiger partial charge in [0.15, 0.2) is 0 Å². The van der Waals surface area contributed by atoms with Crippen molar-refractivity contribution in [2.24, 2.45) is 11.8 Å². The molecule has 0 saturated heterocycles. The molecule has 1 fully saturated rings. The summed E-state index contributed by atoms with van der Waals surface area (Å²) in [4.78, 5) is 0. The van der Waals surface area contributed by atoms with E-state index in [2.05, 4.69) is 24.5 Å². The highest BCUT2D eigenvalue weighted by Crippen LogP contribution is 2.40. The van der Waals surface area contributed by atoms with E-state index < -0.39 is 0 Å². The molecule has 20 heavy (non-hydrogen) atoms. The van der Waals surface area contributed by atoms with E-state index in [0.717, 1.165) is 30.9 Å². The monoisotopic (exact) mass is 278 g/mol. The molecule has 0 aromatic heterocycles. The molecule has 0 heterocycles. The summed E-state index contributed by atoms with van der Waals surface area (Å²) in [7, 11) is 0. The van der Waals surface area contributed by atoms with Crippen LogP contribution in [0.3, 0.4) is 0 Å². The molecular formula is C16H26N2O2. The fraction of sp³-hybridized carbons (Fsp3) is 0.625. The summed E-state index contributed by atoms with van der Waals surface area (Å²) in [6, 6.07) is 8.20. The zero-order chi connectivity index (χ0) is 14.4. The molecule has 2 unspecified atom stereocenters. The maximum absolute atomic E-state index is 5.89. The highest BCUT2D eigenvalue weighted by Gasteiger charge is 2.37. The van der Waals surface area contributed by atoms with E-state index in [9.17, 15) is 0 Å². The number of hydrazine groups is 1. The normalized spacial score (nSPS) is 17.8. The third kappa shape index (κ3) is 3.95. The maximum atomic E-state index is 5.89. The topological polar surface area (TPSA) is 56.5 Å². The molecule has 1 aliphatic rings. The van der Waals surface area contributed by atoms with Crippen molar-refractivity contribution in [1.29, 1.82) is 0 Å². The van der Waals surface area contributed by atoms with Gasteiger partial charge in [-0.3, -0.25) is 11.3 Å². The van der Waals surface area contributed by atoms with E-state index in [0.29, 0.717) is 5.92 Å². The number of hydrogen-bond donors (Lipinski definition) is 2. The van der Waals surface area contributed by atoms with Crippen LogP contribution in [0.4, 0.5) is 0 Å². The van der Waals surface area contributed by atoms with Gasteiger partial charge in [0.25, 0.3) is 0 Å². The highest BCUT2D eigenvalue weighted by atomic mass is 16.5. The Balaban J connectivity index is 2.05. The van der Waals surface area contributed by atoms with Crippen LogP contribution >= 0.6 is 0 Å². The number of nitrogens with two attached hydrogens (primary N) is 1. The lowest BCUT2D eigenvalue weighted by atomic mass is 9.98. The molecule has 4 nitrogen and oxygen atoms in total. The molecule has 0 amide bonds. The van der Waals surface area contributed by atoms with Crippen LogP contribution in [0.2, 0.25) is 0 Å². The van der Waals surface area contributed by atoms with E-state index in [4.69, 9.17) is 15.3 Å². The van der Waals surface area contributed by atoms with Gasteiger partial charge in [0.2, 0.25) is 0 Å². The zero-order valence-corrected chi connectivity index (χ0v) is 12.5. The Labute approximate surface area is 121 Å². The second-order valence-electron chi connectivity index (χ2n) is 5.32. The van der Waals surface area contributed by atoms with Crippen LogP contribution in [0.15, 0.2) is 24.3 Å². The summed E-state index contributed by atoms with van der Waals surface area (Å²) >= 11 is 0. The van der Waals surface area contributed by atoms with Crippen molar-refractivity contribution in [2.45, 2.75) is 45.3 Å². The first-order valence-electron chi connectivity index (χ1n) is 7.60. The van der Waals surface area contributed by atoms with E-state index in [-0.39, 0.29) is 12.1 Å². The molecule has 1 aromatic rings. The molecule has 112 valence electrons. The third-order valence-electron chi connectivity index (χ3n) is 3.67. The van der Waals surface area contributed by atoms with Crippen molar-refractivity contribution in [1.82, 2.24) is 5.43 Å². The largest absolute Gasteiger partial charge is 0.494 e. The van der Waals surface area contributed by atoms with Gasteiger partial charge in [-0.25, -0.2) is 0 Å². The molecule has 1 saturated carbocycles. The van der Waals surface area contributed by atoms with Crippen molar-refractivity contribution in [2.75, 3.05) is 13.2 Å². The fourth-order valence-corrected chi connectivity index (χ4v) is 2.49. The van der Waals surface area contributed by atoms with Gasteiger partial charge in [-0.05, 0) is 49.8 Å². The Morgan fingerprint density at radius 1 is 1.25 bits per heavy atom. The van der Waals surface area contributed by atoms with Gasteiger partial charge < -0.3 is 9.47 Å². The van der Waals surface area contributed by atoms with Crippen molar-refractivity contribution < 1.29 is 9.47 Å². The summed E-state index contributed by atoms with van der Waals surface area (Å²) in [6.45, 7) is 5.61. The van der Waals surface area contributed by atoms with E-state index in [1.165, 1.54) is 12.8 Å². The quantitative estimate of drug-likeness (QED) is 0.539. The van der Waals surface area contributed by atoms with E-state index in [1.54, 1.807) is 0 Å².